The van der Waals surface area contributed by atoms with E-state index in [0.29, 0.717) is 23.5 Å². The third-order valence-corrected chi connectivity index (χ3v) is 5.26. The molecule has 0 N–H and O–H groups in total. The molecule has 3 aliphatic rings. The lowest BCUT2D eigenvalue weighted by atomic mass is 9.80. The molecule has 4 atom stereocenters. The smallest absolute Gasteiger partial charge is 0.166 e. The topological polar surface area (TPSA) is 26.3 Å². The lowest BCUT2D eigenvalue weighted by molar-refractivity contribution is -0.120. The first-order valence-electron chi connectivity index (χ1n) is 8.07. The van der Waals surface area contributed by atoms with E-state index in [4.69, 9.17) is 4.74 Å². The fraction of sp³-hybridized carbons (Fsp3) is 0.824. The molecule has 2 fully saturated rings. The molecule has 0 aromatic heterocycles. The van der Waals surface area contributed by atoms with Crippen molar-refractivity contribution in [2.45, 2.75) is 65.4 Å². The summed E-state index contributed by atoms with van der Waals surface area (Å²) in [5, 5.41) is 0. The van der Waals surface area contributed by atoms with Gasteiger partial charge in [0.1, 0.15) is 5.76 Å². The van der Waals surface area contributed by atoms with Gasteiger partial charge in [0, 0.05) is 17.4 Å². The van der Waals surface area contributed by atoms with E-state index in [9.17, 15) is 4.79 Å². The van der Waals surface area contributed by atoms with Gasteiger partial charge in [-0.15, -0.1) is 0 Å². The average Bonchev–Trinajstić information content (AvgIpc) is 3.02. The Hall–Kier alpha value is -0.790. The number of ketones is 1. The number of Topliss-reactive ketones (excluding diaryl/α,β-unsaturated/α-hetero) is 1. The Labute approximate surface area is 116 Å². The lowest BCUT2D eigenvalue weighted by Gasteiger charge is -2.26. The normalized spacial score (nSPS) is 36.5. The molecule has 2 bridgehead atoms. The van der Waals surface area contributed by atoms with Crippen molar-refractivity contribution in [2.24, 2.45) is 23.7 Å². The van der Waals surface area contributed by atoms with E-state index in [1.165, 1.54) is 19.3 Å². The number of rotatable bonds is 5. The van der Waals surface area contributed by atoms with E-state index in [0.717, 1.165) is 36.5 Å². The number of allylic oxidation sites excluding steroid dienone is 2. The Balaban J connectivity index is 1.90. The van der Waals surface area contributed by atoms with Crippen molar-refractivity contribution in [2.75, 3.05) is 0 Å². The maximum Gasteiger partial charge on any atom is 0.166 e. The SMILES string of the molecule is CCCCC1=C(OC(C)C)[C@H]2[C@@H]3CC[C@@H](C3)[C@H]2C1=O. The molecule has 0 aliphatic heterocycles. The molecule has 0 aromatic rings. The highest BCUT2D eigenvalue weighted by Gasteiger charge is 2.57. The highest BCUT2D eigenvalue weighted by molar-refractivity contribution is 6.01. The summed E-state index contributed by atoms with van der Waals surface area (Å²) in [5.74, 6) is 3.67. The van der Waals surface area contributed by atoms with Crippen LogP contribution >= 0.6 is 0 Å². The van der Waals surface area contributed by atoms with E-state index in [2.05, 4.69) is 20.8 Å². The fourth-order valence-electron chi connectivity index (χ4n) is 4.57. The Bertz CT molecular complexity index is 407. The highest BCUT2D eigenvalue weighted by atomic mass is 16.5. The Morgan fingerprint density at radius 1 is 1.21 bits per heavy atom. The monoisotopic (exact) mass is 262 g/mol. The maximum atomic E-state index is 12.7. The number of carbonyl (C=O) groups is 1. The summed E-state index contributed by atoms with van der Waals surface area (Å²) in [6, 6.07) is 0. The minimum absolute atomic E-state index is 0.192. The Morgan fingerprint density at radius 3 is 2.53 bits per heavy atom. The molecule has 2 nitrogen and oxygen atoms in total. The molecular weight excluding hydrogens is 236 g/mol. The predicted octanol–water partition coefficient (Wildman–Crippen LogP) is 4.10. The Morgan fingerprint density at radius 2 is 1.89 bits per heavy atom. The van der Waals surface area contributed by atoms with Crippen LogP contribution < -0.4 is 0 Å². The molecule has 0 saturated heterocycles. The molecule has 3 aliphatic carbocycles. The van der Waals surface area contributed by atoms with Gasteiger partial charge in [0.15, 0.2) is 5.78 Å². The van der Waals surface area contributed by atoms with Crippen molar-refractivity contribution in [3.8, 4) is 0 Å². The summed E-state index contributed by atoms with van der Waals surface area (Å²) in [6.45, 7) is 6.35. The fourth-order valence-corrected chi connectivity index (χ4v) is 4.57. The van der Waals surface area contributed by atoms with E-state index >= 15 is 0 Å². The molecule has 0 spiro atoms. The summed E-state index contributed by atoms with van der Waals surface area (Å²) < 4.78 is 6.12. The van der Waals surface area contributed by atoms with Crippen LogP contribution in [0.15, 0.2) is 11.3 Å². The van der Waals surface area contributed by atoms with Gasteiger partial charge in [0.2, 0.25) is 0 Å². The van der Waals surface area contributed by atoms with Crippen molar-refractivity contribution >= 4 is 5.78 Å². The summed E-state index contributed by atoms with van der Waals surface area (Å²) in [4.78, 5) is 12.7. The molecule has 0 aromatic carbocycles. The number of hydrogen-bond donors (Lipinski definition) is 0. The van der Waals surface area contributed by atoms with Gasteiger partial charge in [-0.2, -0.15) is 0 Å². The third-order valence-electron chi connectivity index (χ3n) is 5.26. The number of hydrogen-bond acceptors (Lipinski definition) is 2. The predicted molar refractivity (Wildman–Crippen MR) is 75.6 cm³/mol. The zero-order valence-corrected chi connectivity index (χ0v) is 12.4. The molecule has 0 unspecified atom stereocenters. The van der Waals surface area contributed by atoms with Crippen molar-refractivity contribution in [3.63, 3.8) is 0 Å². The number of carbonyl (C=O) groups excluding carboxylic acids is 1. The molecule has 3 rings (SSSR count). The molecule has 0 amide bonds. The molecule has 2 heteroatoms. The van der Waals surface area contributed by atoms with Crippen LogP contribution in [0.1, 0.15) is 59.3 Å². The second-order valence-electron chi connectivity index (χ2n) is 6.86. The van der Waals surface area contributed by atoms with E-state index in [-0.39, 0.29) is 6.10 Å². The summed E-state index contributed by atoms with van der Waals surface area (Å²) in [5.41, 5.74) is 1.06. The van der Waals surface area contributed by atoms with Gasteiger partial charge in [-0.3, -0.25) is 4.79 Å². The van der Waals surface area contributed by atoms with Crippen LogP contribution in [0.4, 0.5) is 0 Å². The zero-order valence-electron chi connectivity index (χ0n) is 12.4. The van der Waals surface area contributed by atoms with Crippen LogP contribution in [0.5, 0.6) is 0 Å². The van der Waals surface area contributed by atoms with E-state index < -0.39 is 0 Å². The van der Waals surface area contributed by atoms with Gasteiger partial charge < -0.3 is 4.74 Å². The van der Waals surface area contributed by atoms with E-state index in [1.54, 1.807) is 0 Å². The molecule has 106 valence electrons. The maximum absolute atomic E-state index is 12.7. The number of ether oxygens (including phenoxy) is 1. The van der Waals surface area contributed by atoms with Gasteiger partial charge in [0.25, 0.3) is 0 Å². The zero-order chi connectivity index (χ0) is 13.6. The summed E-state index contributed by atoms with van der Waals surface area (Å²) in [7, 11) is 0. The van der Waals surface area contributed by atoms with E-state index in [1.807, 2.05) is 0 Å². The van der Waals surface area contributed by atoms with Crippen LogP contribution in [0.2, 0.25) is 0 Å². The first-order chi connectivity index (χ1) is 9.13. The average molecular weight is 262 g/mol. The van der Waals surface area contributed by atoms with Gasteiger partial charge in [0.05, 0.1) is 6.10 Å². The first-order valence-corrected chi connectivity index (χ1v) is 8.07. The minimum Gasteiger partial charge on any atom is -0.495 e. The number of unbranched alkanes of at least 4 members (excludes halogenated alkanes) is 1. The lowest BCUT2D eigenvalue weighted by Crippen LogP contribution is -2.25. The molecule has 19 heavy (non-hydrogen) atoms. The van der Waals surface area contributed by atoms with Crippen LogP contribution in [-0.4, -0.2) is 11.9 Å². The molecule has 2 saturated carbocycles. The molecular formula is C17H26O2. The van der Waals surface area contributed by atoms with Crippen LogP contribution in [0.25, 0.3) is 0 Å². The van der Waals surface area contributed by atoms with Crippen molar-refractivity contribution < 1.29 is 9.53 Å². The van der Waals surface area contributed by atoms with Gasteiger partial charge in [-0.05, 0) is 57.8 Å². The number of fused-ring (bicyclic) bond motifs is 5. The summed E-state index contributed by atoms with van der Waals surface area (Å²) >= 11 is 0. The third kappa shape index (κ3) is 2.04. The standard InChI is InChI=1S/C17H26O2/c1-4-5-6-13-16(18)14-11-7-8-12(9-11)15(14)17(13)19-10(2)3/h10-12,14-15H,4-9H2,1-3H3/t11-,12+,14+,15-/m0/s1. The highest BCUT2D eigenvalue weighted by Crippen LogP contribution is 2.59. The van der Waals surface area contributed by atoms with Crippen LogP contribution in [-0.2, 0) is 9.53 Å². The second kappa shape index (κ2) is 4.96. The largest absolute Gasteiger partial charge is 0.495 e. The summed E-state index contributed by atoms with van der Waals surface area (Å²) in [6.07, 6.45) is 7.24. The van der Waals surface area contributed by atoms with Crippen LogP contribution in [0.3, 0.4) is 0 Å². The molecule has 0 heterocycles. The van der Waals surface area contributed by atoms with Crippen LogP contribution in [0, 0.1) is 23.7 Å². The van der Waals surface area contributed by atoms with Crippen molar-refractivity contribution in [1.82, 2.24) is 0 Å². The quantitative estimate of drug-likeness (QED) is 0.745. The first kappa shape index (κ1) is 13.2. The Kier molecular flexibility index (Phi) is 3.44. The van der Waals surface area contributed by atoms with Gasteiger partial charge in [-0.25, -0.2) is 0 Å². The minimum atomic E-state index is 0.192. The van der Waals surface area contributed by atoms with Gasteiger partial charge >= 0.3 is 0 Å². The van der Waals surface area contributed by atoms with Crippen molar-refractivity contribution in [3.05, 3.63) is 11.3 Å². The van der Waals surface area contributed by atoms with Crippen molar-refractivity contribution in [1.29, 1.82) is 0 Å². The molecule has 0 radical (unpaired) electrons. The van der Waals surface area contributed by atoms with Gasteiger partial charge in [-0.1, -0.05) is 13.3 Å². The second-order valence-corrected chi connectivity index (χ2v) is 6.86.